The van der Waals surface area contributed by atoms with Gasteiger partial charge in [-0.25, -0.2) is 0 Å². The quantitative estimate of drug-likeness (QED) is 0.211. The summed E-state index contributed by atoms with van der Waals surface area (Å²) >= 11 is 0. The molecule has 0 unspecified atom stereocenters. The molecule has 3 aromatic carbocycles. The van der Waals surface area contributed by atoms with Crippen molar-refractivity contribution in [3.05, 3.63) is 101 Å². The van der Waals surface area contributed by atoms with E-state index < -0.39 is 0 Å². The zero-order valence-electron chi connectivity index (χ0n) is 16.7. The van der Waals surface area contributed by atoms with Gasteiger partial charge in [-0.05, 0) is 46.4 Å². The predicted octanol–water partition coefficient (Wildman–Crippen LogP) is 6.18. The molecule has 0 spiro atoms. The smallest absolute Gasteiger partial charge is 0.310 e. The Hall–Kier alpha value is -3.46. The molecule has 0 N–H and O–H groups in total. The summed E-state index contributed by atoms with van der Waals surface area (Å²) in [7, 11) is 0. The third kappa shape index (κ3) is 4.88. The molecule has 0 radical (unpaired) electrons. The van der Waals surface area contributed by atoms with Crippen molar-refractivity contribution >= 4 is 23.4 Å². The summed E-state index contributed by atoms with van der Waals surface area (Å²) in [5.41, 5.74) is 6.18. The summed E-state index contributed by atoms with van der Waals surface area (Å²) in [5, 5.41) is 0. The Morgan fingerprint density at radius 3 is 1.86 bits per heavy atom. The highest BCUT2D eigenvalue weighted by Crippen LogP contribution is 2.35. The topological polar surface area (TPSA) is 43.4 Å². The number of aldehydes is 1. The van der Waals surface area contributed by atoms with Gasteiger partial charge in [0.05, 0.1) is 0 Å². The molecular weight excluding hydrogens is 360 g/mol. The molecule has 0 fully saturated rings. The fourth-order valence-electron chi connectivity index (χ4n) is 3.30. The lowest BCUT2D eigenvalue weighted by molar-refractivity contribution is -0.134. The van der Waals surface area contributed by atoms with Gasteiger partial charge in [-0.15, -0.1) is 0 Å². The number of carbonyl (C=O) groups excluding carboxylic acids is 2. The van der Waals surface area contributed by atoms with Crippen LogP contribution in [0.4, 0.5) is 0 Å². The Morgan fingerprint density at radius 1 is 0.759 bits per heavy atom. The first kappa shape index (κ1) is 20.3. The van der Waals surface area contributed by atoms with Crippen LogP contribution >= 0.6 is 0 Å². The van der Waals surface area contributed by atoms with Crippen molar-refractivity contribution in [3.8, 4) is 5.75 Å². The van der Waals surface area contributed by atoms with Crippen molar-refractivity contribution in [2.75, 3.05) is 0 Å². The molecule has 0 aliphatic rings. The van der Waals surface area contributed by atoms with Gasteiger partial charge < -0.3 is 4.74 Å². The number of allylic oxidation sites excluding steroid dienone is 1. The normalized spacial score (nSPS) is 11.5. The number of benzene rings is 3. The van der Waals surface area contributed by atoms with Crippen LogP contribution in [-0.2, 0) is 4.79 Å². The van der Waals surface area contributed by atoms with Crippen LogP contribution < -0.4 is 4.74 Å². The zero-order chi connectivity index (χ0) is 20.6. The van der Waals surface area contributed by atoms with Gasteiger partial charge in [0.2, 0.25) is 0 Å². The van der Waals surface area contributed by atoms with E-state index in [-0.39, 0.29) is 5.97 Å². The van der Waals surface area contributed by atoms with E-state index in [0.717, 1.165) is 35.0 Å². The highest BCUT2D eigenvalue weighted by Gasteiger charge is 2.13. The van der Waals surface area contributed by atoms with Crippen molar-refractivity contribution in [1.29, 1.82) is 0 Å². The largest absolute Gasteiger partial charge is 0.427 e. The zero-order valence-corrected chi connectivity index (χ0v) is 16.7. The maximum absolute atomic E-state index is 11.6. The van der Waals surface area contributed by atoms with Gasteiger partial charge in [0.1, 0.15) is 12.0 Å². The maximum atomic E-state index is 11.6. The molecular formula is C26H24O3. The fraction of sp³-hybridized carbons (Fsp3) is 0.154. The number of carbonyl (C=O) groups is 2. The lowest BCUT2D eigenvalue weighted by atomic mass is 9.88. The molecule has 3 nitrogen and oxygen atoms in total. The van der Waals surface area contributed by atoms with Crippen LogP contribution in [-0.4, -0.2) is 12.3 Å². The standard InChI is InChI=1S/C26H24O3/c1-3-24(20-8-6-5-7-9-20)26(21-12-10-19(18-27)11-13-21)22-14-16-23(17-15-22)29-25(28)4-2/h5-18H,3-4H2,1-2H3/b26-24-. The molecule has 0 aliphatic carbocycles. The fourth-order valence-corrected chi connectivity index (χ4v) is 3.30. The lowest BCUT2D eigenvalue weighted by Crippen LogP contribution is -2.05. The van der Waals surface area contributed by atoms with Crippen molar-refractivity contribution in [3.63, 3.8) is 0 Å². The van der Waals surface area contributed by atoms with Crippen LogP contribution in [0.2, 0.25) is 0 Å². The van der Waals surface area contributed by atoms with Crippen LogP contribution in [0.15, 0.2) is 78.9 Å². The first-order valence-electron chi connectivity index (χ1n) is 9.81. The van der Waals surface area contributed by atoms with Crippen LogP contribution in [0, 0.1) is 0 Å². The molecule has 0 atom stereocenters. The van der Waals surface area contributed by atoms with Gasteiger partial charge in [-0.1, -0.05) is 80.6 Å². The van der Waals surface area contributed by atoms with Crippen LogP contribution in [0.3, 0.4) is 0 Å². The minimum absolute atomic E-state index is 0.253. The van der Waals surface area contributed by atoms with E-state index in [4.69, 9.17) is 4.74 Å². The first-order chi connectivity index (χ1) is 14.2. The average Bonchev–Trinajstić information content (AvgIpc) is 2.78. The summed E-state index contributed by atoms with van der Waals surface area (Å²) in [5.74, 6) is 0.283. The van der Waals surface area contributed by atoms with Gasteiger partial charge in [-0.3, -0.25) is 9.59 Å². The van der Waals surface area contributed by atoms with Crippen molar-refractivity contribution in [2.24, 2.45) is 0 Å². The Morgan fingerprint density at radius 2 is 1.34 bits per heavy atom. The molecule has 0 saturated carbocycles. The van der Waals surface area contributed by atoms with E-state index in [1.165, 1.54) is 5.57 Å². The molecule has 29 heavy (non-hydrogen) atoms. The summed E-state index contributed by atoms with van der Waals surface area (Å²) in [6.45, 7) is 3.91. The van der Waals surface area contributed by atoms with E-state index in [9.17, 15) is 9.59 Å². The van der Waals surface area contributed by atoms with Crippen LogP contribution in [0.25, 0.3) is 11.1 Å². The van der Waals surface area contributed by atoms with Crippen molar-refractivity contribution in [1.82, 2.24) is 0 Å². The highest BCUT2D eigenvalue weighted by molar-refractivity contribution is 5.99. The Bertz CT molecular complexity index is 998. The van der Waals surface area contributed by atoms with Crippen LogP contribution in [0.1, 0.15) is 53.7 Å². The number of hydrogen-bond acceptors (Lipinski definition) is 3. The van der Waals surface area contributed by atoms with Gasteiger partial charge in [0.25, 0.3) is 0 Å². The Balaban J connectivity index is 2.13. The van der Waals surface area contributed by atoms with Gasteiger partial charge in [0, 0.05) is 12.0 Å². The SMILES string of the molecule is CCC(=O)Oc1ccc(/C(=C(/CC)c2ccccc2)c2ccc(C=O)cc2)cc1. The molecule has 0 aliphatic heterocycles. The predicted molar refractivity (Wildman–Crippen MR) is 117 cm³/mol. The van der Waals surface area contributed by atoms with Crippen LogP contribution in [0.5, 0.6) is 5.75 Å². The summed E-state index contributed by atoms with van der Waals surface area (Å²) in [4.78, 5) is 22.6. The second-order valence-electron chi connectivity index (χ2n) is 6.66. The minimum atomic E-state index is -0.253. The summed E-state index contributed by atoms with van der Waals surface area (Å²) < 4.78 is 5.31. The van der Waals surface area contributed by atoms with E-state index >= 15 is 0 Å². The average molecular weight is 384 g/mol. The lowest BCUT2D eigenvalue weighted by Gasteiger charge is -2.17. The molecule has 3 heteroatoms. The van der Waals surface area contributed by atoms with Crippen molar-refractivity contribution < 1.29 is 14.3 Å². The third-order valence-electron chi connectivity index (χ3n) is 4.78. The van der Waals surface area contributed by atoms with E-state index in [2.05, 4.69) is 19.1 Å². The summed E-state index contributed by atoms with van der Waals surface area (Å²) in [6.07, 6.45) is 2.04. The highest BCUT2D eigenvalue weighted by atomic mass is 16.5. The van der Waals surface area contributed by atoms with E-state index in [0.29, 0.717) is 17.7 Å². The molecule has 0 aromatic heterocycles. The maximum Gasteiger partial charge on any atom is 0.310 e. The monoisotopic (exact) mass is 384 g/mol. The Kier molecular flexibility index (Phi) is 6.75. The second kappa shape index (κ2) is 9.65. The molecule has 0 heterocycles. The van der Waals surface area contributed by atoms with E-state index in [1.807, 2.05) is 66.7 Å². The third-order valence-corrected chi connectivity index (χ3v) is 4.78. The number of rotatable bonds is 7. The Labute approximate surface area is 171 Å². The molecule has 0 amide bonds. The number of hydrogen-bond donors (Lipinski definition) is 0. The van der Waals surface area contributed by atoms with Crippen molar-refractivity contribution in [2.45, 2.75) is 26.7 Å². The first-order valence-corrected chi connectivity index (χ1v) is 9.81. The number of esters is 1. The molecule has 0 saturated heterocycles. The van der Waals surface area contributed by atoms with E-state index in [1.54, 1.807) is 6.92 Å². The second-order valence-corrected chi connectivity index (χ2v) is 6.66. The van der Waals surface area contributed by atoms with Gasteiger partial charge >= 0.3 is 5.97 Å². The van der Waals surface area contributed by atoms with Gasteiger partial charge in [0.15, 0.2) is 0 Å². The molecule has 3 aromatic rings. The molecule has 146 valence electrons. The minimum Gasteiger partial charge on any atom is -0.427 e. The van der Waals surface area contributed by atoms with Gasteiger partial charge in [-0.2, -0.15) is 0 Å². The molecule has 3 rings (SSSR count). The number of ether oxygens (including phenoxy) is 1. The summed E-state index contributed by atoms with van der Waals surface area (Å²) in [6, 6.07) is 25.5. The molecule has 0 bridgehead atoms.